The molecule has 0 fully saturated rings. The molecule has 6 heteroatoms. The first-order valence-electron chi connectivity index (χ1n) is 6.98. The van der Waals surface area contributed by atoms with E-state index < -0.39 is 18.4 Å². The first-order valence-corrected chi connectivity index (χ1v) is 6.98. The average molecular weight is 329 g/mol. The van der Waals surface area contributed by atoms with E-state index in [-0.39, 0.29) is 11.5 Å². The van der Waals surface area contributed by atoms with Crippen molar-refractivity contribution in [1.82, 2.24) is 0 Å². The van der Waals surface area contributed by atoms with Gasteiger partial charge in [-0.15, -0.1) is 0 Å². The number of halogens is 1. The molecule has 0 saturated heterocycles. The zero-order valence-electron chi connectivity index (χ0n) is 12.8. The number of carbonyl (C=O) groups is 2. The predicted octanol–water partition coefficient (Wildman–Crippen LogP) is 1.86. The SMILES string of the molecule is COc1cc(/C=C/C(=O)c2ccc(F)cc2)ccc1OCC(=O)[O-]. The molecular formula is C18H14FO5-. The zero-order chi connectivity index (χ0) is 17.5. The van der Waals surface area contributed by atoms with Crippen molar-refractivity contribution >= 4 is 17.8 Å². The van der Waals surface area contributed by atoms with E-state index in [1.807, 2.05) is 0 Å². The number of carboxylic acids is 1. The number of carboxylic acid groups (broad SMARTS) is 1. The van der Waals surface area contributed by atoms with Crippen LogP contribution in [0.2, 0.25) is 0 Å². The van der Waals surface area contributed by atoms with Gasteiger partial charge in [-0.2, -0.15) is 0 Å². The fourth-order valence-electron chi connectivity index (χ4n) is 1.93. The van der Waals surface area contributed by atoms with E-state index in [2.05, 4.69) is 0 Å². The maximum absolute atomic E-state index is 12.8. The van der Waals surface area contributed by atoms with Gasteiger partial charge in [0.25, 0.3) is 0 Å². The third-order valence-electron chi connectivity index (χ3n) is 3.09. The highest BCUT2D eigenvalue weighted by atomic mass is 19.1. The summed E-state index contributed by atoms with van der Waals surface area (Å²) in [7, 11) is 1.42. The summed E-state index contributed by atoms with van der Waals surface area (Å²) in [6.07, 6.45) is 2.92. The normalized spacial score (nSPS) is 10.6. The van der Waals surface area contributed by atoms with E-state index in [1.54, 1.807) is 18.2 Å². The molecule has 2 rings (SSSR count). The summed E-state index contributed by atoms with van der Waals surface area (Å²) in [5.41, 5.74) is 1.02. The summed E-state index contributed by atoms with van der Waals surface area (Å²) in [6, 6.07) is 10.0. The van der Waals surface area contributed by atoms with Crippen molar-refractivity contribution in [3.05, 3.63) is 65.5 Å². The summed E-state index contributed by atoms with van der Waals surface area (Å²) in [5.74, 6) is -1.44. The van der Waals surface area contributed by atoms with Crippen molar-refractivity contribution in [2.45, 2.75) is 0 Å². The van der Waals surface area contributed by atoms with E-state index in [9.17, 15) is 19.1 Å². The summed E-state index contributed by atoms with van der Waals surface area (Å²) in [4.78, 5) is 22.4. The van der Waals surface area contributed by atoms with Gasteiger partial charge in [-0.1, -0.05) is 12.1 Å². The van der Waals surface area contributed by atoms with Crippen LogP contribution in [0.4, 0.5) is 4.39 Å². The minimum atomic E-state index is -1.34. The molecule has 0 aliphatic carbocycles. The number of benzene rings is 2. The number of methoxy groups -OCH3 is 1. The summed E-state index contributed by atoms with van der Waals surface area (Å²) in [5, 5.41) is 10.4. The van der Waals surface area contributed by atoms with Gasteiger partial charge < -0.3 is 19.4 Å². The van der Waals surface area contributed by atoms with Gasteiger partial charge in [-0.3, -0.25) is 4.79 Å². The fraction of sp³-hybridized carbons (Fsp3) is 0.111. The second kappa shape index (κ2) is 7.92. The highest BCUT2D eigenvalue weighted by molar-refractivity contribution is 6.06. The minimum Gasteiger partial charge on any atom is -0.546 e. The lowest BCUT2D eigenvalue weighted by Crippen LogP contribution is -2.29. The molecule has 2 aromatic carbocycles. The van der Waals surface area contributed by atoms with Gasteiger partial charge in [0.05, 0.1) is 13.1 Å². The Labute approximate surface area is 137 Å². The molecule has 0 spiro atoms. The van der Waals surface area contributed by atoms with E-state index in [4.69, 9.17) is 9.47 Å². The topological polar surface area (TPSA) is 75.7 Å². The van der Waals surface area contributed by atoms with Crippen LogP contribution >= 0.6 is 0 Å². The Bertz CT molecular complexity index is 765. The number of hydrogen-bond acceptors (Lipinski definition) is 5. The number of carbonyl (C=O) groups excluding carboxylic acids is 2. The molecule has 0 atom stereocenters. The number of allylic oxidation sites excluding steroid dienone is 1. The van der Waals surface area contributed by atoms with Crippen molar-refractivity contribution in [2.24, 2.45) is 0 Å². The van der Waals surface area contributed by atoms with Crippen LogP contribution in [0.5, 0.6) is 11.5 Å². The second-order valence-corrected chi connectivity index (χ2v) is 4.78. The highest BCUT2D eigenvalue weighted by Gasteiger charge is 2.06. The molecule has 24 heavy (non-hydrogen) atoms. The maximum Gasteiger partial charge on any atom is 0.185 e. The Kier molecular flexibility index (Phi) is 5.68. The standard InChI is InChI=1S/C18H15FO5/c1-23-17-10-12(3-9-16(17)24-11-18(21)22)2-8-15(20)13-4-6-14(19)7-5-13/h2-10H,11H2,1H3,(H,21,22)/p-1/b8-2+. The van der Waals surface area contributed by atoms with Gasteiger partial charge in [0.15, 0.2) is 17.3 Å². The molecule has 0 bridgehead atoms. The Hall–Kier alpha value is -3.15. The molecule has 0 saturated carbocycles. The fourth-order valence-corrected chi connectivity index (χ4v) is 1.93. The van der Waals surface area contributed by atoms with Gasteiger partial charge in [0, 0.05) is 5.56 Å². The number of ketones is 1. The van der Waals surface area contributed by atoms with E-state index >= 15 is 0 Å². The van der Waals surface area contributed by atoms with Crippen LogP contribution in [0.25, 0.3) is 6.08 Å². The molecule has 124 valence electrons. The summed E-state index contributed by atoms with van der Waals surface area (Å²) < 4.78 is 23.0. The Morgan fingerprint density at radius 1 is 1.12 bits per heavy atom. The first-order chi connectivity index (χ1) is 11.5. The van der Waals surface area contributed by atoms with Gasteiger partial charge in [-0.25, -0.2) is 4.39 Å². The average Bonchev–Trinajstić information content (AvgIpc) is 2.58. The monoisotopic (exact) mass is 329 g/mol. The van der Waals surface area contributed by atoms with Crippen molar-refractivity contribution in [3.8, 4) is 11.5 Å². The zero-order valence-corrected chi connectivity index (χ0v) is 12.8. The van der Waals surface area contributed by atoms with Gasteiger partial charge >= 0.3 is 0 Å². The lowest BCUT2D eigenvalue weighted by molar-refractivity contribution is -0.307. The van der Waals surface area contributed by atoms with Crippen LogP contribution in [0, 0.1) is 5.82 Å². The van der Waals surface area contributed by atoms with Crippen molar-refractivity contribution in [3.63, 3.8) is 0 Å². The molecule has 0 N–H and O–H groups in total. The molecule has 0 radical (unpaired) electrons. The van der Waals surface area contributed by atoms with Crippen LogP contribution < -0.4 is 14.6 Å². The van der Waals surface area contributed by atoms with Gasteiger partial charge in [0.2, 0.25) is 0 Å². The third kappa shape index (κ3) is 4.67. The van der Waals surface area contributed by atoms with Crippen LogP contribution in [-0.4, -0.2) is 25.5 Å². The van der Waals surface area contributed by atoms with E-state index in [0.717, 1.165) is 0 Å². The largest absolute Gasteiger partial charge is 0.546 e. The van der Waals surface area contributed by atoms with Gasteiger partial charge in [0.1, 0.15) is 12.4 Å². The maximum atomic E-state index is 12.8. The van der Waals surface area contributed by atoms with Crippen molar-refractivity contribution in [2.75, 3.05) is 13.7 Å². The number of hydrogen-bond donors (Lipinski definition) is 0. The molecule has 0 amide bonds. The van der Waals surface area contributed by atoms with Crippen LogP contribution in [0.3, 0.4) is 0 Å². The molecule has 0 aromatic heterocycles. The lowest BCUT2D eigenvalue weighted by Gasteiger charge is -2.11. The number of aliphatic carboxylic acids is 1. The highest BCUT2D eigenvalue weighted by Crippen LogP contribution is 2.28. The van der Waals surface area contributed by atoms with Gasteiger partial charge in [-0.05, 0) is 48.0 Å². The number of rotatable bonds is 7. The molecule has 0 aliphatic heterocycles. The molecular weight excluding hydrogens is 315 g/mol. The Balaban J connectivity index is 2.12. The van der Waals surface area contributed by atoms with Crippen molar-refractivity contribution in [1.29, 1.82) is 0 Å². The predicted molar refractivity (Wildman–Crippen MR) is 83.3 cm³/mol. The lowest BCUT2D eigenvalue weighted by atomic mass is 10.1. The summed E-state index contributed by atoms with van der Waals surface area (Å²) in [6.45, 7) is -0.589. The number of ether oxygens (including phenoxy) is 2. The third-order valence-corrected chi connectivity index (χ3v) is 3.09. The molecule has 2 aromatic rings. The van der Waals surface area contributed by atoms with Crippen LogP contribution in [-0.2, 0) is 4.79 Å². The molecule has 0 aliphatic rings. The summed E-state index contributed by atoms with van der Waals surface area (Å²) >= 11 is 0. The molecule has 5 nitrogen and oxygen atoms in total. The first kappa shape index (κ1) is 17.2. The van der Waals surface area contributed by atoms with Crippen molar-refractivity contribution < 1.29 is 28.6 Å². The minimum absolute atomic E-state index is 0.253. The molecule has 0 unspecified atom stereocenters. The smallest absolute Gasteiger partial charge is 0.185 e. The van der Waals surface area contributed by atoms with Crippen LogP contribution in [0.15, 0.2) is 48.5 Å². The van der Waals surface area contributed by atoms with E-state index in [0.29, 0.717) is 16.9 Å². The van der Waals surface area contributed by atoms with E-state index in [1.165, 1.54) is 43.5 Å². The van der Waals surface area contributed by atoms with Crippen LogP contribution in [0.1, 0.15) is 15.9 Å². The quantitative estimate of drug-likeness (QED) is 0.572. The Morgan fingerprint density at radius 3 is 2.46 bits per heavy atom. The Morgan fingerprint density at radius 2 is 1.83 bits per heavy atom. The second-order valence-electron chi connectivity index (χ2n) is 4.78. The molecule has 0 heterocycles.